The number of likely N-dealkylation sites (N-methyl/N-ethyl adjacent to an activating group) is 1. The molecule has 0 atom stereocenters. The molecule has 0 bridgehead atoms. The van der Waals surface area contributed by atoms with E-state index in [2.05, 4.69) is 4.90 Å². The lowest BCUT2D eigenvalue weighted by Crippen LogP contribution is -2.45. The largest absolute Gasteiger partial charge is 0.462 e. The predicted octanol–water partition coefficient (Wildman–Crippen LogP) is 0.922. The summed E-state index contributed by atoms with van der Waals surface area (Å²) in [6, 6.07) is 0.931. The van der Waals surface area contributed by atoms with Crippen molar-refractivity contribution in [3.8, 4) is 0 Å². The average molecular weight is 366 g/mol. The maximum Gasteiger partial charge on any atom is 0.343 e. The minimum Gasteiger partial charge on any atom is -0.462 e. The number of carbonyl (C=O) groups is 1. The highest BCUT2D eigenvalue weighted by Gasteiger charge is 2.26. The van der Waals surface area contributed by atoms with Gasteiger partial charge in [-0.3, -0.25) is 9.47 Å². The lowest BCUT2D eigenvalue weighted by molar-refractivity contribution is 0.0524. The molecule has 0 radical (unpaired) electrons. The Kier molecular flexibility index (Phi) is 4.82. The van der Waals surface area contributed by atoms with Crippen molar-refractivity contribution < 1.29 is 18.3 Å². The van der Waals surface area contributed by atoms with Crippen LogP contribution in [-0.4, -0.2) is 55.4 Å². The van der Waals surface area contributed by atoms with E-state index < -0.39 is 23.0 Å². The number of pyridine rings is 1. The molecule has 1 saturated heterocycles. The Hall–Kier alpha value is -2.68. The number of nitrogen functional groups attached to an aromatic ring is 1. The van der Waals surface area contributed by atoms with Crippen LogP contribution >= 0.6 is 0 Å². The monoisotopic (exact) mass is 366 g/mol. The van der Waals surface area contributed by atoms with Crippen LogP contribution in [-0.2, 0) is 4.74 Å². The second kappa shape index (κ2) is 6.91. The van der Waals surface area contributed by atoms with E-state index in [4.69, 9.17) is 10.6 Å². The Bertz CT molecular complexity index is 921. The number of piperazine rings is 1. The molecule has 7 nitrogen and oxygen atoms in total. The fourth-order valence-corrected chi connectivity index (χ4v) is 3.11. The van der Waals surface area contributed by atoms with Crippen molar-refractivity contribution in [2.24, 2.45) is 0 Å². The standard InChI is InChI=1S/C17H20F2N4O3/c1-3-26-17(25)11-9-23(20)14-10(16(11)24)8-12(18)15(13(14)19)22-6-4-21(2)5-7-22/h8-9H,3-7,20H2,1-2H3. The van der Waals surface area contributed by atoms with Crippen LogP contribution in [0.2, 0.25) is 0 Å². The zero-order valence-electron chi connectivity index (χ0n) is 14.6. The van der Waals surface area contributed by atoms with Gasteiger partial charge in [-0.15, -0.1) is 0 Å². The number of aromatic nitrogens is 1. The fourth-order valence-electron chi connectivity index (χ4n) is 3.11. The number of nitrogens with zero attached hydrogens (tertiary/aromatic N) is 3. The van der Waals surface area contributed by atoms with Crippen molar-refractivity contribution in [1.82, 2.24) is 9.58 Å². The Morgan fingerprint density at radius 3 is 2.54 bits per heavy atom. The summed E-state index contributed by atoms with van der Waals surface area (Å²) < 4.78 is 35.4. The van der Waals surface area contributed by atoms with E-state index in [0.717, 1.165) is 16.9 Å². The van der Waals surface area contributed by atoms with Crippen molar-refractivity contribution in [3.63, 3.8) is 0 Å². The van der Waals surface area contributed by atoms with Crippen molar-refractivity contribution in [2.45, 2.75) is 6.92 Å². The molecule has 3 rings (SSSR count). The summed E-state index contributed by atoms with van der Waals surface area (Å²) in [5.74, 6) is 3.15. The van der Waals surface area contributed by atoms with Crippen molar-refractivity contribution in [3.05, 3.63) is 39.7 Å². The number of esters is 1. The lowest BCUT2D eigenvalue weighted by atomic mass is 10.1. The molecule has 26 heavy (non-hydrogen) atoms. The van der Waals surface area contributed by atoms with Gasteiger partial charge < -0.3 is 20.4 Å². The van der Waals surface area contributed by atoms with Crippen LogP contribution in [0.1, 0.15) is 17.3 Å². The van der Waals surface area contributed by atoms with E-state index in [1.807, 2.05) is 7.05 Å². The van der Waals surface area contributed by atoms with Crippen LogP contribution in [0.3, 0.4) is 0 Å². The molecule has 2 heterocycles. The number of nitrogens with two attached hydrogens (primary N) is 1. The summed E-state index contributed by atoms with van der Waals surface area (Å²) in [6.45, 7) is 3.87. The van der Waals surface area contributed by atoms with E-state index >= 15 is 4.39 Å². The molecule has 9 heteroatoms. The maximum absolute atomic E-state index is 15.1. The molecule has 1 fully saturated rings. The first-order chi connectivity index (χ1) is 12.3. The normalized spacial score (nSPS) is 15.5. The van der Waals surface area contributed by atoms with Gasteiger partial charge in [0.15, 0.2) is 5.82 Å². The maximum atomic E-state index is 15.1. The number of fused-ring (bicyclic) bond motifs is 1. The Morgan fingerprint density at radius 1 is 1.27 bits per heavy atom. The van der Waals surface area contributed by atoms with E-state index in [0.29, 0.717) is 26.2 Å². The molecule has 140 valence electrons. The Morgan fingerprint density at radius 2 is 1.92 bits per heavy atom. The van der Waals surface area contributed by atoms with Gasteiger partial charge in [0.2, 0.25) is 5.43 Å². The Balaban J connectivity index is 2.18. The zero-order chi connectivity index (χ0) is 19.0. The number of carbonyl (C=O) groups excluding carboxylic acids is 1. The molecule has 1 aromatic carbocycles. The van der Waals surface area contributed by atoms with Gasteiger partial charge in [0.05, 0.1) is 12.0 Å². The van der Waals surface area contributed by atoms with Gasteiger partial charge >= 0.3 is 5.97 Å². The predicted molar refractivity (Wildman–Crippen MR) is 93.9 cm³/mol. The van der Waals surface area contributed by atoms with E-state index in [9.17, 15) is 14.0 Å². The molecular weight excluding hydrogens is 346 g/mol. The first-order valence-corrected chi connectivity index (χ1v) is 8.28. The summed E-state index contributed by atoms with van der Waals surface area (Å²) in [6.07, 6.45) is 1.01. The highest BCUT2D eigenvalue weighted by molar-refractivity contribution is 5.94. The summed E-state index contributed by atoms with van der Waals surface area (Å²) in [5, 5.41) is -0.300. The number of hydrogen-bond donors (Lipinski definition) is 1. The first-order valence-electron chi connectivity index (χ1n) is 8.28. The third-order valence-corrected chi connectivity index (χ3v) is 4.50. The number of rotatable bonds is 3. The van der Waals surface area contributed by atoms with Gasteiger partial charge in [0.25, 0.3) is 0 Å². The third-order valence-electron chi connectivity index (χ3n) is 4.50. The van der Waals surface area contributed by atoms with Crippen molar-refractivity contribution in [1.29, 1.82) is 0 Å². The summed E-state index contributed by atoms with van der Waals surface area (Å²) in [7, 11) is 1.93. The molecule has 0 spiro atoms. The van der Waals surface area contributed by atoms with Crippen LogP contribution in [0, 0.1) is 11.6 Å². The molecule has 2 aromatic rings. The second-order valence-electron chi connectivity index (χ2n) is 6.21. The SMILES string of the molecule is CCOC(=O)c1cn(N)c2c(F)c(N3CCN(C)CC3)c(F)cc2c1=O. The summed E-state index contributed by atoms with van der Waals surface area (Å²) in [5.41, 5.74) is -1.65. The highest BCUT2D eigenvalue weighted by Crippen LogP contribution is 2.30. The topological polar surface area (TPSA) is 80.8 Å². The van der Waals surface area contributed by atoms with Gasteiger partial charge in [0.1, 0.15) is 22.6 Å². The molecule has 1 aliphatic rings. The van der Waals surface area contributed by atoms with Crippen LogP contribution in [0.25, 0.3) is 10.9 Å². The molecule has 2 N–H and O–H groups in total. The van der Waals surface area contributed by atoms with Gasteiger partial charge in [-0.2, -0.15) is 0 Å². The van der Waals surface area contributed by atoms with Crippen LogP contribution in [0.5, 0.6) is 0 Å². The van der Waals surface area contributed by atoms with Gasteiger partial charge in [0, 0.05) is 32.4 Å². The number of halogens is 2. The number of anilines is 1. The molecule has 1 aliphatic heterocycles. The molecule has 0 saturated carbocycles. The first kappa shape index (κ1) is 18.1. The number of benzene rings is 1. The van der Waals surface area contributed by atoms with Gasteiger partial charge in [-0.1, -0.05) is 0 Å². The molecule has 0 aliphatic carbocycles. The van der Waals surface area contributed by atoms with E-state index in [1.165, 1.54) is 0 Å². The van der Waals surface area contributed by atoms with Crippen LogP contribution in [0.4, 0.5) is 14.5 Å². The number of hydrogen-bond acceptors (Lipinski definition) is 6. The van der Waals surface area contributed by atoms with Crippen LogP contribution in [0.15, 0.2) is 17.1 Å². The van der Waals surface area contributed by atoms with Crippen molar-refractivity contribution in [2.75, 3.05) is 50.6 Å². The van der Waals surface area contributed by atoms with E-state index in [-0.39, 0.29) is 28.8 Å². The van der Waals surface area contributed by atoms with Crippen molar-refractivity contribution >= 4 is 22.6 Å². The fraction of sp³-hybridized carbons (Fsp3) is 0.412. The van der Waals surface area contributed by atoms with Gasteiger partial charge in [-0.25, -0.2) is 13.6 Å². The third kappa shape index (κ3) is 2.98. The van der Waals surface area contributed by atoms with E-state index in [1.54, 1.807) is 11.8 Å². The summed E-state index contributed by atoms with van der Waals surface area (Å²) in [4.78, 5) is 28.0. The lowest BCUT2D eigenvalue weighted by Gasteiger charge is -2.34. The number of ether oxygens (including phenoxy) is 1. The second-order valence-corrected chi connectivity index (χ2v) is 6.21. The van der Waals surface area contributed by atoms with Gasteiger partial charge in [-0.05, 0) is 20.0 Å². The van der Waals surface area contributed by atoms with Crippen LogP contribution < -0.4 is 16.2 Å². The molecule has 1 aromatic heterocycles. The average Bonchev–Trinajstić information content (AvgIpc) is 2.59. The molecule has 0 amide bonds. The highest BCUT2D eigenvalue weighted by atomic mass is 19.1. The smallest absolute Gasteiger partial charge is 0.343 e. The zero-order valence-corrected chi connectivity index (χ0v) is 14.6. The minimum atomic E-state index is -0.917. The Labute approximate surface area is 148 Å². The molecule has 0 unspecified atom stereocenters. The minimum absolute atomic E-state index is 0.0615. The summed E-state index contributed by atoms with van der Waals surface area (Å²) >= 11 is 0. The molecular formula is C17H20F2N4O3. The quantitative estimate of drug-likeness (QED) is 0.643.